The van der Waals surface area contributed by atoms with Crippen LogP contribution in [0.4, 0.5) is 0 Å². The van der Waals surface area contributed by atoms with Crippen molar-refractivity contribution in [2.24, 2.45) is 17.8 Å². The van der Waals surface area contributed by atoms with Crippen molar-refractivity contribution < 1.29 is 9.84 Å². The van der Waals surface area contributed by atoms with Crippen LogP contribution in [0.1, 0.15) is 6.42 Å². The van der Waals surface area contributed by atoms with Gasteiger partial charge in [0.2, 0.25) is 0 Å². The minimum Gasteiger partial charge on any atom is -0.396 e. The summed E-state index contributed by atoms with van der Waals surface area (Å²) in [6.45, 7) is 2.19. The predicted molar refractivity (Wildman–Crippen MR) is 33.0 cm³/mol. The average Bonchev–Trinajstić information content (AvgIpc) is 2.60. The maximum atomic E-state index is 8.78. The summed E-state index contributed by atoms with van der Waals surface area (Å²) in [5.74, 6) is 2.11. The molecule has 1 aliphatic carbocycles. The molecule has 2 aliphatic rings. The van der Waals surface area contributed by atoms with Gasteiger partial charge < -0.3 is 9.84 Å². The van der Waals surface area contributed by atoms with Crippen molar-refractivity contribution in [2.75, 3.05) is 19.8 Å². The fraction of sp³-hybridized carbons (Fsp3) is 1.00. The molecule has 9 heavy (non-hydrogen) atoms. The van der Waals surface area contributed by atoms with Gasteiger partial charge in [-0.1, -0.05) is 0 Å². The van der Waals surface area contributed by atoms with Crippen molar-refractivity contribution in [3.63, 3.8) is 0 Å². The molecule has 1 heterocycles. The largest absolute Gasteiger partial charge is 0.396 e. The number of aliphatic hydroxyl groups is 1. The van der Waals surface area contributed by atoms with Crippen molar-refractivity contribution in [3.05, 3.63) is 0 Å². The third-order valence-corrected chi connectivity index (χ3v) is 2.63. The standard InChI is InChI=1S/C7H12O2/c8-3-6-5-1-2-9-4-7(5)6/h5-8H,1-4H2/t5-,6+,7+/m0/s1. The SMILES string of the molecule is OC[C@@H]1[C@@H]2CCOC[C@@H]12. The monoisotopic (exact) mass is 128 g/mol. The summed E-state index contributed by atoms with van der Waals surface area (Å²) in [6, 6.07) is 0. The van der Waals surface area contributed by atoms with Gasteiger partial charge in [0, 0.05) is 13.2 Å². The first kappa shape index (κ1) is 5.69. The molecule has 0 radical (unpaired) electrons. The molecule has 1 N–H and O–H groups in total. The molecule has 0 spiro atoms. The normalized spacial score (nSPS) is 48.3. The molecule has 3 atom stereocenters. The molecule has 2 nitrogen and oxygen atoms in total. The first-order chi connectivity index (χ1) is 4.43. The molecule has 0 amide bonds. The van der Waals surface area contributed by atoms with Crippen LogP contribution in [0.15, 0.2) is 0 Å². The first-order valence-electron chi connectivity index (χ1n) is 3.62. The predicted octanol–water partition coefficient (Wildman–Crippen LogP) is 0.261. The van der Waals surface area contributed by atoms with E-state index >= 15 is 0 Å². The van der Waals surface area contributed by atoms with Crippen LogP contribution in [0.25, 0.3) is 0 Å². The maximum absolute atomic E-state index is 8.78. The van der Waals surface area contributed by atoms with Gasteiger partial charge in [0.05, 0.1) is 6.61 Å². The zero-order valence-electron chi connectivity index (χ0n) is 5.42. The molecule has 0 bridgehead atoms. The quantitative estimate of drug-likeness (QED) is 0.549. The summed E-state index contributed by atoms with van der Waals surface area (Å²) in [7, 11) is 0. The number of hydrogen-bond acceptors (Lipinski definition) is 2. The second kappa shape index (κ2) is 1.96. The zero-order chi connectivity index (χ0) is 6.27. The Morgan fingerprint density at radius 3 is 2.89 bits per heavy atom. The minimum atomic E-state index is 0.374. The lowest BCUT2D eigenvalue weighted by atomic mass is 10.2. The van der Waals surface area contributed by atoms with E-state index in [-0.39, 0.29) is 0 Å². The van der Waals surface area contributed by atoms with Crippen LogP contribution < -0.4 is 0 Å². The molecular weight excluding hydrogens is 116 g/mol. The number of aliphatic hydroxyl groups excluding tert-OH is 1. The van der Waals surface area contributed by atoms with Crippen molar-refractivity contribution in [3.8, 4) is 0 Å². The lowest BCUT2D eigenvalue weighted by Crippen LogP contribution is -2.07. The van der Waals surface area contributed by atoms with E-state index in [2.05, 4.69) is 0 Å². The number of rotatable bonds is 1. The summed E-state index contributed by atoms with van der Waals surface area (Å²) in [6.07, 6.45) is 1.18. The third-order valence-electron chi connectivity index (χ3n) is 2.63. The van der Waals surface area contributed by atoms with E-state index in [4.69, 9.17) is 9.84 Å². The Balaban J connectivity index is 1.91. The molecule has 2 heteroatoms. The molecule has 0 aromatic rings. The van der Waals surface area contributed by atoms with E-state index in [1.165, 1.54) is 6.42 Å². The molecule has 2 fully saturated rings. The summed E-state index contributed by atoms with van der Waals surface area (Å²) in [5, 5.41) is 8.78. The van der Waals surface area contributed by atoms with Crippen LogP contribution >= 0.6 is 0 Å². The molecule has 0 aromatic carbocycles. The lowest BCUT2D eigenvalue weighted by Gasteiger charge is -2.07. The fourth-order valence-electron chi connectivity index (χ4n) is 1.91. The first-order valence-corrected chi connectivity index (χ1v) is 3.62. The lowest BCUT2D eigenvalue weighted by molar-refractivity contribution is 0.0880. The van der Waals surface area contributed by atoms with Gasteiger partial charge in [-0.05, 0) is 24.2 Å². The maximum Gasteiger partial charge on any atom is 0.0500 e. The highest BCUT2D eigenvalue weighted by Gasteiger charge is 2.50. The molecular formula is C7H12O2. The highest BCUT2D eigenvalue weighted by atomic mass is 16.5. The van der Waals surface area contributed by atoms with Gasteiger partial charge in [0.1, 0.15) is 0 Å². The topological polar surface area (TPSA) is 29.5 Å². The van der Waals surface area contributed by atoms with E-state index in [1.807, 2.05) is 0 Å². The van der Waals surface area contributed by atoms with Gasteiger partial charge in [-0.2, -0.15) is 0 Å². The number of fused-ring (bicyclic) bond motifs is 1. The minimum absolute atomic E-state index is 0.374. The van der Waals surface area contributed by atoms with E-state index < -0.39 is 0 Å². The van der Waals surface area contributed by atoms with Crippen LogP contribution in [0.3, 0.4) is 0 Å². The Morgan fingerprint density at radius 1 is 1.44 bits per heavy atom. The summed E-state index contributed by atoms with van der Waals surface area (Å²) in [5.41, 5.74) is 0. The van der Waals surface area contributed by atoms with Crippen LogP contribution in [-0.2, 0) is 4.74 Å². The second-order valence-corrected chi connectivity index (χ2v) is 3.04. The van der Waals surface area contributed by atoms with Gasteiger partial charge in [-0.15, -0.1) is 0 Å². The smallest absolute Gasteiger partial charge is 0.0500 e. The van der Waals surface area contributed by atoms with E-state index in [1.54, 1.807) is 0 Å². The Labute approximate surface area is 54.8 Å². The van der Waals surface area contributed by atoms with Gasteiger partial charge >= 0.3 is 0 Å². The van der Waals surface area contributed by atoms with Gasteiger partial charge in [0.15, 0.2) is 0 Å². The van der Waals surface area contributed by atoms with Gasteiger partial charge in [-0.3, -0.25) is 0 Å². The van der Waals surface area contributed by atoms with Crippen LogP contribution in [0.2, 0.25) is 0 Å². The number of ether oxygens (including phenoxy) is 1. The van der Waals surface area contributed by atoms with E-state index in [0.29, 0.717) is 18.4 Å². The number of hydrogen-bond donors (Lipinski definition) is 1. The highest BCUT2D eigenvalue weighted by Crippen LogP contribution is 2.50. The summed E-state index contributed by atoms with van der Waals surface area (Å²) < 4.78 is 5.24. The third kappa shape index (κ3) is 0.775. The van der Waals surface area contributed by atoms with E-state index in [0.717, 1.165) is 19.1 Å². The zero-order valence-corrected chi connectivity index (χ0v) is 5.42. The highest BCUT2D eigenvalue weighted by molar-refractivity contribution is 4.97. The Bertz CT molecular complexity index is 94.7. The molecule has 1 saturated heterocycles. The molecule has 0 unspecified atom stereocenters. The molecule has 52 valence electrons. The van der Waals surface area contributed by atoms with Crippen molar-refractivity contribution in [2.45, 2.75) is 6.42 Å². The second-order valence-electron chi connectivity index (χ2n) is 3.04. The summed E-state index contributed by atoms with van der Waals surface area (Å²) in [4.78, 5) is 0. The molecule has 0 aromatic heterocycles. The van der Waals surface area contributed by atoms with Crippen LogP contribution in [0.5, 0.6) is 0 Å². The van der Waals surface area contributed by atoms with Crippen molar-refractivity contribution in [1.82, 2.24) is 0 Å². The van der Waals surface area contributed by atoms with Gasteiger partial charge in [0.25, 0.3) is 0 Å². The molecule has 1 saturated carbocycles. The Morgan fingerprint density at radius 2 is 2.33 bits per heavy atom. The van der Waals surface area contributed by atoms with Crippen LogP contribution in [0, 0.1) is 17.8 Å². The van der Waals surface area contributed by atoms with E-state index in [9.17, 15) is 0 Å². The molecule has 2 rings (SSSR count). The Hall–Kier alpha value is -0.0800. The van der Waals surface area contributed by atoms with Gasteiger partial charge in [-0.25, -0.2) is 0 Å². The fourth-order valence-corrected chi connectivity index (χ4v) is 1.91. The Kier molecular flexibility index (Phi) is 1.24. The van der Waals surface area contributed by atoms with Crippen molar-refractivity contribution >= 4 is 0 Å². The van der Waals surface area contributed by atoms with Crippen LogP contribution in [-0.4, -0.2) is 24.9 Å². The summed E-state index contributed by atoms with van der Waals surface area (Å²) >= 11 is 0. The molecule has 1 aliphatic heterocycles. The van der Waals surface area contributed by atoms with Crippen molar-refractivity contribution in [1.29, 1.82) is 0 Å². The average molecular weight is 128 g/mol.